The fraction of sp³-hybridized carbons (Fsp3) is 0.435. The van der Waals surface area contributed by atoms with Crippen molar-refractivity contribution in [2.45, 2.75) is 42.5 Å². The van der Waals surface area contributed by atoms with Crippen LogP contribution in [0.1, 0.15) is 42.8 Å². The smallest absolute Gasteiger partial charge is 0.404 e. The topological polar surface area (TPSA) is 136 Å². The largest absolute Gasteiger partial charge is 0.447 e. The van der Waals surface area contributed by atoms with Gasteiger partial charge in [-0.25, -0.2) is 19.7 Å². The fourth-order valence-electron chi connectivity index (χ4n) is 4.40. The lowest BCUT2D eigenvalue weighted by Gasteiger charge is -2.42. The highest BCUT2D eigenvalue weighted by Crippen LogP contribution is 2.39. The van der Waals surface area contributed by atoms with Gasteiger partial charge in [0.05, 0.1) is 27.6 Å². The minimum atomic E-state index is -1.16. The van der Waals surface area contributed by atoms with Crippen molar-refractivity contribution in [2.24, 2.45) is 5.73 Å². The highest BCUT2D eigenvalue weighted by Gasteiger charge is 2.40. The molecule has 0 radical (unpaired) electrons. The quantitative estimate of drug-likeness (QED) is 0.592. The van der Waals surface area contributed by atoms with Gasteiger partial charge < -0.3 is 20.7 Å². The molecule has 0 bridgehead atoms. The van der Waals surface area contributed by atoms with Gasteiger partial charge >= 0.3 is 6.09 Å². The first kappa shape index (κ1) is 22.3. The summed E-state index contributed by atoms with van der Waals surface area (Å²) in [5, 5.41) is 3.45. The minimum Gasteiger partial charge on any atom is -0.447 e. The van der Waals surface area contributed by atoms with Crippen molar-refractivity contribution in [2.75, 3.05) is 35.7 Å². The van der Waals surface area contributed by atoms with Crippen LogP contribution >= 0.6 is 0 Å². The van der Waals surface area contributed by atoms with E-state index in [1.54, 1.807) is 12.4 Å². The summed E-state index contributed by atoms with van der Waals surface area (Å²) in [5.74, 6) is 4.88. The number of nitrogens with one attached hydrogen (secondary N) is 1. The van der Waals surface area contributed by atoms with Gasteiger partial charge in [0.2, 0.25) is 5.95 Å². The van der Waals surface area contributed by atoms with E-state index in [2.05, 4.69) is 32.2 Å². The molecule has 0 saturated heterocycles. The highest BCUT2D eigenvalue weighted by atomic mass is 32.2. The number of hydrogen-bond donors (Lipinski definition) is 2. The zero-order valence-electron chi connectivity index (χ0n) is 18.6. The molecule has 3 aliphatic rings. The number of terminal acetylenes is 1. The second-order valence-corrected chi connectivity index (χ2v) is 10.2. The predicted molar refractivity (Wildman–Crippen MR) is 128 cm³/mol. The summed E-state index contributed by atoms with van der Waals surface area (Å²) in [4.78, 5) is 32.2. The van der Waals surface area contributed by atoms with Crippen LogP contribution in [-0.2, 0) is 22.0 Å². The number of ether oxygens (including phenoxy) is 1. The number of hydrogen-bond acceptors (Lipinski definition) is 9. The number of rotatable bonds is 6. The molecule has 0 spiro atoms. The maximum absolute atomic E-state index is 12.7. The normalized spacial score (nSPS) is 20.5. The fourth-order valence-corrected chi connectivity index (χ4v) is 5.71. The molecule has 1 atom stereocenters. The molecule has 10 nitrogen and oxygen atoms in total. The minimum absolute atomic E-state index is 0.150. The molecule has 176 valence electrons. The molecule has 11 heteroatoms. The van der Waals surface area contributed by atoms with Crippen molar-refractivity contribution >= 4 is 34.2 Å². The van der Waals surface area contributed by atoms with E-state index in [1.165, 1.54) is 0 Å². The molecule has 2 aliphatic heterocycles. The molecule has 2 aromatic heterocycles. The van der Waals surface area contributed by atoms with E-state index in [0.29, 0.717) is 53.3 Å². The molecule has 3 N–H and O–H groups in total. The van der Waals surface area contributed by atoms with E-state index in [-0.39, 0.29) is 6.61 Å². The van der Waals surface area contributed by atoms with Crippen LogP contribution in [0.5, 0.6) is 0 Å². The molecule has 4 heterocycles. The number of primary amides is 1. The number of amides is 1. The summed E-state index contributed by atoms with van der Waals surface area (Å²) in [7, 11) is -1.16. The van der Waals surface area contributed by atoms with Crippen molar-refractivity contribution in [3.63, 3.8) is 0 Å². The summed E-state index contributed by atoms with van der Waals surface area (Å²) in [6.07, 6.45) is 14.0. The van der Waals surface area contributed by atoms with Crippen molar-refractivity contribution in [3.8, 4) is 12.3 Å². The second kappa shape index (κ2) is 9.02. The molecule has 0 aromatic carbocycles. The number of nitrogens with zero attached hydrogens (tertiary/aromatic N) is 5. The number of fused-ring (bicyclic) bond motifs is 1. The molecule has 1 saturated carbocycles. The second-order valence-electron chi connectivity index (χ2n) is 8.68. The van der Waals surface area contributed by atoms with E-state index in [1.807, 2.05) is 0 Å². The van der Waals surface area contributed by atoms with Crippen molar-refractivity contribution in [3.05, 3.63) is 35.6 Å². The lowest BCUT2D eigenvalue weighted by Crippen LogP contribution is -2.50. The van der Waals surface area contributed by atoms with Crippen LogP contribution in [0.3, 0.4) is 0 Å². The Bertz CT molecular complexity index is 1220. The average molecular weight is 480 g/mol. The van der Waals surface area contributed by atoms with E-state index in [9.17, 15) is 9.00 Å². The van der Waals surface area contributed by atoms with Crippen LogP contribution in [0.2, 0.25) is 0 Å². The Morgan fingerprint density at radius 3 is 2.71 bits per heavy atom. The molecule has 1 fully saturated rings. The molecule has 5 rings (SSSR count). The van der Waals surface area contributed by atoms with Gasteiger partial charge in [-0.3, -0.25) is 4.21 Å². The summed E-state index contributed by atoms with van der Waals surface area (Å²) in [6, 6.07) is 0. The van der Waals surface area contributed by atoms with Gasteiger partial charge in [0, 0.05) is 37.7 Å². The molecule has 0 unspecified atom stereocenters. The van der Waals surface area contributed by atoms with Gasteiger partial charge in [-0.05, 0) is 31.3 Å². The summed E-state index contributed by atoms with van der Waals surface area (Å²) >= 11 is 0. The first-order valence-corrected chi connectivity index (χ1v) is 12.5. The van der Waals surface area contributed by atoms with Gasteiger partial charge in [0.1, 0.15) is 17.3 Å². The third kappa shape index (κ3) is 4.33. The van der Waals surface area contributed by atoms with E-state index < -0.39 is 22.4 Å². The van der Waals surface area contributed by atoms with Crippen LogP contribution in [0.25, 0.3) is 5.57 Å². The van der Waals surface area contributed by atoms with Crippen LogP contribution in [0, 0.1) is 12.3 Å². The number of aromatic nitrogens is 4. The zero-order chi connectivity index (χ0) is 23.7. The SMILES string of the molecule is C#Cc1cnc(C2=CCN(c3nc4c(c(NC5(COC(N)=O)CCC5)n3)[S@@](=O)CC4)CC2)nc1. The zero-order valence-corrected chi connectivity index (χ0v) is 19.4. The van der Waals surface area contributed by atoms with Gasteiger partial charge in [-0.1, -0.05) is 12.0 Å². The summed E-state index contributed by atoms with van der Waals surface area (Å²) < 4.78 is 17.8. The van der Waals surface area contributed by atoms with Crippen molar-refractivity contribution in [1.82, 2.24) is 19.9 Å². The third-order valence-electron chi connectivity index (χ3n) is 6.46. The monoisotopic (exact) mass is 479 g/mol. The molecular weight excluding hydrogens is 454 g/mol. The van der Waals surface area contributed by atoms with Gasteiger partial charge in [0.25, 0.3) is 0 Å². The summed E-state index contributed by atoms with van der Waals surface area (Å²) in [5.41, 5.74) is 7.24. The van der Waals surface area contributed by atoms with Crippen LogP contribution in [-0.4, -0.2) is 61.2 Å². The van der Waals surface area contributed by atoms with Crippen molar-refractivity contribution in [1.29, 1.82) is 0 Å². The van der Waals surface area contributed by atoms with Crippen LogP contribution < -0.4 is 16.0 Å². The lowest BCUT2D eigenvalue weighted by atomic mass is 9.77. The number of aryl methyl sites for hydroxylation is 1. The standard InChI is InChI=1S/C23H25N7O3S/c1-2-15-12-25-19(26-13-15)16-4-9-30(10-5-16)22-27-17-6-11-34(32)18(17)20(28-22)29-23(7-3-8-23)14-33-21(24)31/h1,4,12-13H,3,5-11,14H2,(H2,24,31)(H,27,28,29)/t34-/m0/s1. The predicted octanol–water partition coefficient (Wildman–Crippen LogP) is 1.64. The Kier molecular flexibility index (Phi) is 5.91. The maximum Gasteiger partial charge on any atom is 0.404 e. The Morgan fingerprint density at radius 2 is 2.09 bits per heavy atom. The number of nitrogens with two attached hydrogens (primary N) is 1. The Labute approximate surface area is 199 Å². The average Bonchev–Trinajstić information content (AvgIpc) is 3.21. The number of carbonyl (C=O) groups excluding carboxylic acids is 1. The highest BCUT2D eigenvalue weighted by molar-refractivity contribution is 7.85. The summed E-state index contributed by atoms with van der Waals surface area (Å²) in [6.45, 7) is 1.45. The molecule has 1 amide bonds. The molecular formula is C23H25N7O3S. The lowest BCUT2D eigenvalue weighted by molar-refractivity contribution is 0.101. The van der Waals surface area contributed by atoms with E-state index in [0.717, 1.165) is 37.0 Å². The Hall–Kier alpha value is -3.52. The van der Waals surface area contributed by atoms with Crippen molar-refractivity contribution < 1.29 is 13.7 Å². The van der Waals surface area contributed by atoms with Gasteiger partial charge in [-0.15, -0.1) is 6.42 Å². The Balaban J connectivity index is 1.39. The number of carbonyl (C=O) groups is 1. The van der Waals surface area contributed by atoms with E-state index >= 15 is 0 Å². The molecule has 2 aromatic rings. The van der Waals surface area contributed by atoms with Gasteiger partial charge in [0.15, 0.2) is 5.82 Å². The molecule has 1 aliphatic carbocycles. The maximum atomic E-state index is 12.7. The van der Waals surface area contributed by atoms with Crippen LogP contribution in [0.15, 0.2) is 23.4 Å². The third-order valence-corrected chi connectivity index (χ3v) is 7.92. The first-order valence-electron chi connectivity index (χ1n) is 11.2. The number of anilines is 2. The van der Waals surface area contributed by atoms with Crippen LogP contribution in [0.4, 0.5) is 16.6 Å². The van der Waals surface area contributed by atoms with E-state index in [4.69, 9.17) is 26.9 Å². The van der Waals surface area contributed by atoms with Gasteiger partial charge in [-0.2, -0.15) is 4.98 Å². The Morgan fingerprint density at radius 1 is 1.29 bits per heavy atom. The first-order chi connectivity index (χ1) is 16.5. The molecule has 34 heavy (non-hydrogen) atoms.